The summed E-state index contributed by atoms with van der Waals surface area (Å²) in [5.74, 6) is 2.76. The minimum atomic E-state index is -0.429. The van der Waals surface area contributed by atoms with E-state index >= 15 is 0 Å². The summed E-state index contributed by atoms with van der Waals surface area (Å²) in [5.41, 5.74) is 0. The van der Waals surface area contributed by atoms with Crippen molar-refractivity contribution < 1.29 is 9.47 Å². The van der Waals surface area contributed by atoms with Crippen LogP contribution in [0.25, 0.3) is 0 Å². The van der Waals surface area contributed by atoms with E-state index in [0.29, 0.717) is 5.92 Å². The number of alkyl halides is 1. The Morgan fingerprint density at radius 2 is 1.84 bits per heavy atom. The van der Waals surface area contributed by atoms with Crippen molar-refractivity contribution in [1.82, 2.24) is 0 Å². The van der Waals surface area contributed by atoms with Gasteiger partial charge in [-0.15, -0.1) is 23.5 Å². The second kappa shape index (κ2) is 6.63. The molecule has 5 heteroatoms. The molecule has 0 aromatic rings. The Bertz CT molecular complexity index is 306. The Morgan fingerprint density at radius 1 is 1.21 bits per heavy atom. The lowest BCUT2D eigenvalue weighted by molar-refractivity contribution is -0.147. The van der Waals surface area contributed by atoms with Gasteiger partial charge in [-0.1, -0.05) is 29.5 Å². The van der Waals surface area contributed by atoms with Gasteiger partial charge in [0.1, 0.15) is 6.10 Å². The second-order valence-corrected chi connectivity index (χ2v) is 10.4. The van der Waals surface area contributed by atoms with Gasteiger partial charge in [-0.25, -0.2) is 0 Å². The smallest absolute Gasteiger partial charge is 0.163 e. The highest BCUT2D eigenvalue weighted by Crippen LogP contribution is 2.51. The Kier molecular flexibility index (Phi) is 5.83. The normalized spacial score (nSPS) is 35.2. The van der Waals surface area contributed by atoms with Crippen molar-refractivity contribution in [2.75, 3.05) is 15.9 Å². The molecule has 2 heterocycles. The van der Waals surface area contributed by atoms with Gasteiger partial charge in [-0.05, 0) is 51.0 Å². The van der Waals surface area contributed by atoms with Gasteiger partial charge in [0, 0.05) is 4.43 Å². The Balaban J connectivity index is 2.10. The van der Waals surface area contributed by atoms with Gasteiger partial charge in [0.25, 0.3) is 0 Å². The number of hydrogen-bond donors (Lipinski definition) is 0. The third-order valence-electron chi connectivity index (χ3n) is 3.66. The molecule has 0 bridgehead atoms. The number of ether oxygens (including phenoxy) is 2. The van der Waals surface area contributed by atoms with E-state index in [2.05, 4.69) is 73.8 Å². The molecular weight excluding hydrogens is 391 g/mol. The molecule has 2 saturated heterocycles. The van der Waals surface area contributed by atoms with Crippen molar-refractivity contribution in [2.45, 2.75) is 62.6 Å². The van der Waals surface area contributed by atoms with Crippen LogP contribution in [0.3, 0.4) is 0 Å². The van der Waals surface area contributed by atoms with E-state index in [9.17, 15) is 0 Å². The molecule has 2 rings (SSSR count). The molecule has 2 fully saturated rings. The van der Waals surface area contributed by atoms with Crippen LogP contribution in [-0.2, 0) is 9.47 Å². The number of thioether (sulfide) groups is 2. The monoisotopic (exact) mass is 416 g/mol. The molecule has 0 aliphatic carbocycles. The van der Waals surface area contributed by atoms with Crippen molar-refractivity contribution in [3.05, 3.63) is 0 Å². The molecule has 2 aliphatic heterocycles. The highest BCUT2D eigenvalue weighted by atomic mass is 127. The maximum atomic E-state index is 6.28. The molecule has 0 aromatic carbocycles. The van der Waals surface area contributed by atoms with E-state index in [-0.39, 0.29) is 16.3 Å². The van der Waals surface area contributed by atoms with Crippen molar-refractivity contribution in [2.24, 2.45) is 5.92 Å². The molecule has 0 amide bonds. The average molecular weight is 416 g/mol. The van der Waals surface area contributed by atoms with Crippen LogP contribution in [0.1, 0.15) is 40.5 Å². The standard InChI is InChI=1S/C14H25IO2S2/c1-10(9-15)8-11-12(17-13(2,3)16-11)14(4)18-6-5-7-19-14/h10-12H,5-9H2,1-4H3/t10-,11+,12+/m1/s1. The van der Waals surface area contributed by atoms with Crippen LogP contribution < -0.4 is 0 Å². The molecule has 0 unspecified atom stereocenters. The third kappa shape index (κ3) is 4.18. The van der Waals surface area contributed by atoms with E-state index < -0.39 is 5.79 Å². The summed E-state index contributed by atoms with van der Waals surface area (Å²) in [7, 11) is 0. The highest BCUT2D eigenvalue weighted by Gasteiger charge is 2.51. The first-order valence-electron chi connectivity index (χ1n) is 7.06. The van der Waals surface area contributed by atoms with Crippen LogP contribution in [0.4, 0.5) is 0 Å². The van der Waals surface area contributed by atoms with Crippen LogP contribution in [-0.4, -0.2) is 38.0 Å². The van der Waals surface area contributed by atoms with E-state index in [1.807, 2.05) is 0 Å². The lowest BCUT2D eigenvalue weighted by Crippen LogP contribution is -2.43. The van der Waals surface area contributed by atoms with Crippen LogP contribution in [0.5, 0.6) is 0 Å². The fourth-order valence-corrected chi connectivity index (χ4v) is 6.22. The van der Waals surface area contributed by atoms with Gasteiger partial charge >= 0.3 is 0 Å². The summed E-state index contributed by atoms with van der Waals surface area (Å²) in [4.78, 5) is 0. The summed E-state index contributed by atoms with van der Waals surface area (Å²) < 4.78 is 13.8. The molecule has 3 atom stereocenters. The van der Waals surface area contributed by atoms with Crippen LogP contribution in [0.2, 0.25) is 0 Å². The highest BCUT2D eigenvalue weighted by molar-refractivity contribution is 14.1. The molecule has 0 spiro atoms. The fraction of sp³-hybridized carbons (Fsp3) is 1.00. The van der Waals surface area contributed by atoms with Crippen LogP contribution in [0.15, 0.2) is 0 Å². The zero-order valence-electron chi connectivity index (χ0n) is 12.3. The van der Waals surface area contributed by atoms with E-state index in [1.165, 1.54) is 22.4 Å². The van der Waals surface area contributed by atoms with Gasteiger partial charge < -0.3 is 9.47 Å². The summed E-state index contributed by atoms with van der Waals surface area (Å²) in [6.45, 7) is 8.76. The topological polar surface area (TPSA) is 18.5 Å². The second-order valence-electron chi connectivity index (χ2n) is 6.16. The molecule has 2 aliphatic rings. The fourth-order valence-electron chi connectivity index (χ4n) is 2.73. The Labute approximate surface area is 139 Å². The van der Waals surface area contributed by atoms with Crippen LogP contribution in [0, 0.1) is 5.92 Å². The largest absolute Gasteiger partial charge is 0.344 e. The lowest BCUT2D eigenvalue weighted by Gasteiger charge is -2.39. The van der Waals surface area contributed by atoms with Crippen molar-refractivity contribution in [3.63, 3.8) is 0 Å². The summed E-state index contributed by atoms with van der Waals surface area (Å²) in [5, 5.41) is 0. The molecular formula is C14H25IO2S2. The van der Waals surface area contributed by atoms with E-state index in [4.69, 9.17) is 9.47 Å². The lowest BCUT2D eigenvalue weighted by atomic mass is 10.00. The summed E-state index contributed by atoms with van der Waals surface area (Å²) in [6.07, 6.45) is 2.87. The first kappa shape index (κ1) is 16.7. The molecule has 0 radical (unpaired) electrons. The molecule has 0 saturated carbocycles. The Hall–Kier alpha value is 1.35. The van der Waals surface area contributed by atoms with Gasteiger partial charge in [0.2, 0.25) is 0 Å². The maximum Gasteiger partial charge on any atom is 0.163 e. The first-order chi connectivity index (χ1) is 8.86. The van der Waals surface area contributed by atoms with Crippen molar-refractivity contribution >= 4 is 46.1 Å². The molecule has 0 N–H and O–H groups in total. The first-order valence-corrected chi connectivity index (χ1v) is 10.6. The van der Waals surface area contributed by atoms with Gasteiger partial charge in [0.15, 0.2) is 5.79 Å². The van der Waals surface area contributed by atoms with Gasteiger partial charge in [-0.2, -0.15) is 0 Å². The Morgan fingerprint density at radius 3 is 2.42 bits per heavy atom. The van der Waals surface area contributed by atoms with Crippen LogP contribution >= 0.6 is 46.1 Å². The predicted molar refractivity (Wildman–Crippen MR) is 94.4 cm³/mol. The van der Waals surface area contributed by atoms with E-state index in [0.717, 1.165) is 6.42 Å². The van der Waals surface area contributed by atoms with Gasteiger partial charge in [-0.3, -0.25) is 0 Å². The van der Waals surface area contributed by atoms with E-state index in [1.54, 1.807) is 0 Å². The molecule has 19 heavy (non-hydrogen) atoms. The molecule has 112 valence electrons. The molecule has 0 aromatic heterocycles. The average Bonchev–Trinajstić information content (AvgIpc) is 2.66. The summed E-state index contributed by atoms with van der Waals surface area (Å²) >= 11 is 6.58. The third-order valence-corrected chi connectivity index (χ3v) is 8.47. The van der Waals surface area contributed by atoms with Crippen molar-refractivity contribution in [3.8, 4) is 0 Å². The number of halogens is 1. The quantitative estimate of drug-likeness (QED) is 0.494. The minimum Gasteiger partial charge on any atom is -0.344 e. The maximum absolute atomic E-state index is 6.28. The van der Waals surface area contributed by atoms with Gasteiger partial charge in [0.05, 0.1) is 10.2 Å². The number of hydrogen-bond acceptors (Lipinski definition) is 4. The SMILES string of the molecule is C[C@@H](CI)C[C@@H]1OC(C)(C)O[C@@H]1C1(C)SCCCS1. The zero-order valence-corrected chi connectivity index (χ0v) is 16.1. The number of rotatable bonds is 4. The van der Waals surface area contributed by atoms with Crippen molar-refractivity contribution in [1.29, 1.82) is 0 Å². The minimum absolute atomic E-state index is 0.154. The zero-order chi connectivity index (χ0) is 14.1. The summed E-state index contributed by atoms with van der Waals surface area (Å²) in [6, 6.07) is 0. The molecule has 2 nitrogen and oxygen atoms in total. The predicted octanol–water partition coefficient (Wildman–Crippen LogP) is 4.55.